The highest BCUT2D eigenvalue weighted by Crippen LogP contribution is 2.39. The number of hydrogen-bond donors (Lipinski definition) is 1. The van der Waals surface area contributed by atoms with Gasteiger partial charge in [-0.15, -0.1) is 0 Å². The molecule has 1 aromatic rings. The Morgan fingerprint density at radius 1 is 1.33 bits per heavy atom. The summed E-state index contributed by atoms with van der Waals surface area (Å²) >= 11 is 0. The van der Waals surface area contributed by atoms with Gasteiger partial charge in [0, 0.05) is 0 Å². The van der Waals surface area contributed by atoms with E-state index in [4.69, 9.17) is 10.5 Å². The van der Waals surface area contributed by atoms with E-state index in [0.717, 1.165) is 12.3 Å². The molecular formula is C13H19NO. The molecule has 2 nitrogen and oxygen atoms in total. The molecule has 0 spiro atoms. The van der Waals surface area contributed by atoms with Crippen LogP contribution in [0.5, 0.6) is 5.75 Å². The van der Waals surface area contributed by atoms with Gasteiger partial charge in [-0.05, 0) is 54.5 Å². The number of methoxy groups -OCH3 is 1. The third-order valence-electron chi connectivity index (χ3n) is 3.50. The number of nitrogens with two attached hydrogens (primary N) is 1. The predicted octanol–water partition coefficient (Wildman–Crippen LogP) is 2.63. The van der Waals surface area contributed by atoms with Crippen LogP contribution in [0.1, 0.15) is 42.7 Å². The van der Waals surface area contributed by atoms with Crippen molar-refractivity contribution in [1.82, 2.24) is 0 Å². The van der Waals surface area contributed by atoms with Gasteiger partial charge in [0.1, 0.15) is 5.75 Å². The highest BCUT2D eigenvalue weighted by atomic mass is 16.5. The lowest BCUT2D eigenvalue weighted by atomic mass is 9.77. The minimum atomic E-state index is 0.544. The van der Waals surface area contributed by atoms with Gasteiger partial charge in [0.25, 0.3) is 0 Å². The van der Waals surface area contributed by atoms with Crippen molar-refractivity contribution in [1.29, 1.82) is 0 Å². The smallest absolute Gasteiger partial charge is 0.119 e. The quantitative estimate of drug-likeness (QED) is 0.805. The fourth-order valence-electron chi connectivity index (χ4n) is 2.49. The SMILES string of the molecule is COc1ccc2c(c1)C(C)CCC2CN. The summed E-state index contributed by atoms with van der Waals surface area (Å²) in [4.78, 5) is 0. The van der Waals surface area contributed by atoms with Crippen LogP contribution in [0.3, 0.4) is 0 Å². The van der Waals surface area contributed by atoms with Gasteiger partial charge in [-0.25, -0.2) is 0 Å². The Labute approximate surface area is 91.4 Å². The highest BCUT2D eigenvalue weighted by Gasteiger charge is 2.23. The molecule has 0 saturated heterocycles. The Bertz CT molecular complexity index is 348. The minimum absolute atomic E-state index is 0.544. The Hall–Kier alpha value is -1.02. The second kappa shape index (κ2) is 4.23. The van der Waals surface area contributed by atoms with E-state index in [-0.39, 0.29) is 0 Å². The van der Waals surface area contributed by atoms with E-state index < -0.39 is 0 Å². The summed E-state index contributed by atoms with van der Waals surface area (Å²) in [7, 11) is 1.72. The normalized spacial score (nSPS) is 24.7. The standard InChI is InChI=1S/C13H19NO/c1-9-3-4-10(8-14)12-6-5-11(15-2)7-13(9)12/h5-7,9-10H,3-4,8,14H2,1-2H3. The summed E-state index contributed by atoms with van der Waals surface area (Å²) in [5.74, 6) is 2.14. The molecule has 82 valence electrons. The zero-order chi connectivity index (χ0) is 10.8. The molecule has 15 heavy (non-hydrogen) atoms. The van der Waals surface area contributed by atoms with Crippen molar-refractivity contribution in [2.45, 2.75) is 31.6 Å². The lowest BCUT2D eigenvalue weighted by molar-refractivity contribution is 0.411. The molecule has 0 fully saturated rings. The van der Waals surface area contributed by atoms with Crippen molar-refractivity contribution in [3.63, 3.8) is 0 Å². The summed E-state index contributed by atoms with van der Waals surface area (Å²) in [6.45, 7) is 3.04. The molecular weight excluding hydrogens is 186 g/mol. The van der Waals surface area contributed by atoms with Crippen molar-refractivity contribution < 1.29 is 4.74 Å². The Morgan fingerprint density at radius 3 is 2.80 bits per heavy atom. The fourth-order valence-corrected chi connectivity index (χ4v) is 2.49. The zero-order valence-corrected chi connectivity index (χ0v) is 9.49. The fraction of sp³-hybridized carbons (Fsp3) is 0.538. The molecule has 2 unspecified atom stereocenters. The van der Waals surface area contributed by atoms with Crippen LogP contribution in [0, 0.1) is 0 Å². The van der Waals surface area contributed by atoms with Crippen LogP contribution >= 0.6 is 0 Å². The molecule has 1 aliphatic carbocycles. The van der Waals surface area contributed by atoms with E-state index in [9.17, 15) is 0 Å². The molecule has 0 radical (unpaired) electrons. The maximum atomic E-state index is 5.80. The largest absolute Gasteiger partial charge is 0.497 e. The Balaban J connectivity index is 2.42. The second-order valence-corrected chi connectivity index (χ2v) is 4.41. The lowest BCUT2D eigenvalue weighted by Gasteiger charge is -2.29. The van der Waals surface area contributed by atoms with Crippen LogP contribution in [0.15, 0.2) is 18.2 Å². The number of hydrogen-bond acceptors (Lipinski definition) is 2. The molecule has 2 rings (SSSR count). The van der Waals surface area contributed by atoms with Gasteiger partial charge in [0.05, 0.1) is 7.11 Å². The molecule has 2 atom stereocenters. The highest BCUT2D eigenvalue weighted by molar-refractivity contribution is 5.41. The van der Waals surface area contributed by atoms with Gasteiger partial charge < -0.3 is 10.5 Å². The topological polar surface area (TPSA) is 35.2 Å². The second-order valence-electron chi connectivity index (χ2n) is 4.41. The van der Waals surface area contributed by atoms with E-state index in [1.54, 1.807) is 7.11 Å². The Morgan fingerprint density at radius 2 is 2.13 bits per heavy atom. The molecule has 0 aromatic heterocycles. The number of ether oxygens (including phenoxy) is 1. The Kier molecular flexibility index (Phi) is 2.96. The van der Waals surface area contributed by atoms with Gasteiger partial charge in [-0.2, -0.15) is 0 Å². The molecule has 0 bridgehead atoms. The van der Waals surface area contributed by atoms with Crippen molar-refractivity contribution in [2.24, 2.45) is 5.73 Å². The molecule has 0 saturated carbocycles. The minimum Gasteiger partial charge on any atom is -0.497 e. The van der Waals surface area contributed by atoms with E-state index in [1.165, 1.54) is 24.0 Å². The summed E-state index contributed by atoms with van der Waals surface area (Å²) in [5.41, 5.74) is 8.66. The average molecular weight is 205 g/mol. The number of fused-ring (bicyclic) bond motifs is 1. The van der Waals surface area contributed by atoms with Crippen LogP contribution in [0.2, 0.25) is 0 Å². The first-order valence-electron chi connectivity index (χ1n) is 5.64. The molecule has 0 heterocycles. The molecule has 0 aliphatic heterocycles. The third kappa shape index (κ3) is 1.86. The van der Waals surface area contributed by atoms with Gasteiger partial charge >= 0.3 is 0 Å². The molecule has 0 amide bonds. The first-order valence-corrected chi connectivity index (χ1v) is 5.64. The van der Waals surface area contributed by atoms with Gasteiger partial charge in [-0.1, -0.05) is 13.0 Å². The first-order chi connectivity index (χ1) is 7.26. The van der Waals surface area contributed by atoms with Crippen LogP contribution in [0.25, 0.3) is 0 Å². The maximum absolute atomic E-state index is 5.80. The van der Waals surface area contributed by atoms with Crippen LogP contribution in [-0.4, -0.2) is 13.7 Å². The summed E-state index contributed by atoms with van der Waals surface area (Å²) in [6.07, 6.45) is 2.46. The number of rotatable bonds is 2. The van der Waals surface area contributed by atoms with Crippen molar-refractivity contribution >= 4 is 0 Å². The van der Waals surface area contributed by atoms with Crippen molar-refractivity contribution in [2.75, 3.05) is 13.7 Å². The molecule has 1 aliphatic rings. The summed E-state index contributed by atoms with van der Waals surface area (Å²) in [5, 5.41) is 0. The molecule has 1 aromatic carbocycles. The van der Waals surface area contributed by atoms with E-state index >= 15 is 0 Å². The van der Waals surface area contributed by atoms with Crippen molar-refractivity contribution in [3.8, 4) is 5.75 Å². The lowest BCUT2D eigenvalue weighted by Crippen LogP contribution is -2.19. The van der Waals surface area contributed by atoms with Gasteiger partial charge in [0.2, 0.25) is 0 Å². The third-order valence-corrected chi connectivity index (χ3v) is 3.50. The van der Waals surface area contributed by atoms with Gasteiger partial charge in [-0.3, -0.25) is 0 Å². The predicted molar refractivity (Wildman–Crippen MR) is 62.4 cm³/mol. The summed E-state index contributed by atoms with van der Waals surface area (Å²) < 4.78 is 5.27. The van der Waals surface area contributed by atoms with E-state index in [2.05, 4.69) is 19.1 Å². The van der Waals surface area contributed by atoms with Crippen LogP contribution < -0.4 is 10.5 Å². The van der Waals surface area contributed by atoms with E-state index in [0.29, 0.717) is 11.8 Å². The molecule has 2 N–H and O–H groups in total. The maximum Gasteiger partial charge on any atom is 0.119 e. The monoisotopic (exact) mass is 205 g/mol. The van der Waals surface area contributed by atoms with Crippen molar-refractivity contribution in [3.05, 3.63) is 29.3 Å². The zero-order valence-electron chi connectivity index (χ0n) is 9.49. The van der Waals surface area contributed by atoms with Crippen LogP contribution in [-0.2, 0) is 0 Å². The van der Waals surface area contributed by atoms with E-state index in [1.807, 2.05) is 6.07 Å². The number of benzene rings is 1. The first kappa shape index (κ1) is 10.5. The van der Waals surface area contributed by atoms with Crippen LogP contribution in [0.4, 0.5) is 0 Å². The average Bonchev–Trinajstić information content (AvgIpc) is 2.29. The summed E-state index contributed by atoms with van der Waals surface area (Å²) in [6, 6.07) is 6.39. The molecule has 2 heteroatoms. The van der Waals surface area contributed by atoms with Gasteiger partial charge in [0.15, 0.2) is 0 Å².